The maximum atomic E-state index is 12.0. The molecule has 0 aliphatic carbocycles. The second-order valence-electron chi connectivity index (χ2n) is 4.57. The van der Waals surface area contributed by atoms with Crippen LogP contribution in [0.1, 0.15) is 11.1 Å². The van der Waals surface area contributed by atoms with Gasteiger partial charge in [-0.2, -0.15) is 13.2 Å². The average molecular weight is 296 g/mol. The van der Waals surface area contributed by atoms with Crippen LogP contribution in [0.5, 0.6) is 5.88 Å². The molecule has 1 N–H and O–H groups in total. The van der Waals surface area contributed by atoms with E-state index in [9.17, 15) is 13.2 Å². The third-order valence-electron chi connectivity index (χ3n) is 2.86. The number of hydrogen-bond donors (Lipinski definition) is 1. The van der Waals surface area contributed by atoms with Gasteiger partial charge < -0.3 is 10.1 Å². The number of nitrogens with zero attached hydrogens (tertiary/aromatic N) is 1. The molecule has 0 saturated heterocycles. The van der Waals surface area contributed by atoms with Gasteiger partial charge in [-0.15, -0.1) is 0 Å². The number of pyridine rings is 1. The fraction of sp³-hybridized carbons (Fsp3) is 0.267. The zero-order chi connectivity index (χ0) is 15.3. The fourth-order valence-corrected chi connectivity index (χ4v) is 1.73. The molecule has 0 fully saturated rings. The van der Waals surface area contributed by atoms with Crippen LogP contribution in [0.25, 0.3) is 0 Å². The van der Waals surface area contributed by atoms with Gasteiger partial charge in [0.1, 0.15) is 0 Å². The SMILES string of the molecule is Cc1ccccc1CNc1ccc(OCC(F)(F)F)nc1. The normalized spacial score (nSPS) is 11.2. The van der Waals surface area contributed by atoms with Crippen molar-refractivity contribution >= 4 is 5.69 Å². The van der Waals surface area contributed by atoms with E-state index < -0.39 is 12.8 Å². The highest BCUT2D eigenvalue weighted by molar-refractivity contribution is 5.43. The Morgan fingerprint density at radius 1 is 1.14 bits per heavy atom. The lowest BCUT2D eigenvalue weighted by Gasteiger charge is -2.10. The average Bonchev–Trinajstić information content (AvgIpc) is 2.45. The monoisotopic (exact) mass is 296 g/mol. The van der Waals surface area contributed by atoms with Crippen molar-refractivity contribution in [3.8, 4) is 5.88 Å². The molecule has 0 amide bonds. The summed E-state index contributed by atoms with van der Waals surface area (Å²) in [5.74, 6) is -0.0474. The Morgan fingerprint density at radius 2 is 1.90 bits per heavy atom. The number of ether oxygens (including phenoxy) is 1. The zero-order valence-corrected chi connectivity index (χ0v) is 11.4. The van der Waals surface area contributed by atoms with Gasteiger partial charge in [-0.1, -0.05) is 24.3 Å². The Morgan fingerprint density at radius 3 is 2.52 bits per heavy atom. The maximum Gasteiger partial charge on any atom is 0.422 e. The zero-order valence-electron chi connectivity index (χ0n) is 11.4. The minimum Gasteiger partial charge on any atom is -0.468 e. The largest absolute Gasteiger partial charge is 0.468 e. The molecule has 0 atom stereocenters. The highest BCUT2D eigenvalue weighted by Gasteiger charge is 2.28. The van der Waals surface area contributed by atoms with Crippen LogP contribution in [0.3, 0.4) is 0 Å². The van der Waals surface area contributed by atoms with E-state index in [4.69, 9.17) is 0 Å². The van der Waals surface area contributed by atoms with Gasteiger partial charge in [0.25, 0.3) is 0 Å². The quantitative estimate of drug-likeness (QED) is 0.907. The third-order valence-corrected chi connectivity index (χ3v) is 2.86. The van der Waals surface area contributed by atoms with Crippen LogP contribution < -0.4 is 10.1 Å². The van der Waals surface area contributed by atoms with Crippen molar-refractivity contribution in [2.45, 2.75) is 19.6 Å². The molecular formula is C15H15F3N2O. The number of halogens is 3. The van der Waals surface area contributed by atoms with Crippen LogP contribution in [0.15, 0.2) is 42.6 Å². The Hall–Kier alpha value is -2.24. The molecule has 0 aliphatic heterocycles. The molecule has 2 rings (SSSR count). The maximum absolute atomic E-state index is 12.0. The first-order chi connectivity index (χ1) is 9.94. The van der Waals surface area contributed by atoms with Crippen molar-refractivity contribution in [3.63, 3.8) is 0 Å². The van der Waals surface area contributed by atoms with Crippen molar-refractivity contribution in [2.24, 2.45) is 0 Å². The number of aryl methyl sites for hydroxylation is 1. The molecule has 1 heterocycles. The van der Waals surface area contributed by atoms with Crippen LogP contribution in [0.4, 0.5) is 18.9 Å². The first kappa shape index (κ1) is 15.2. The molecule has 0 bridgehead atoms. The van der Waals surface area contributed by atoms with Gasteiger partial charge in [0.15, 0.2) is 6.61 Å². The molecule has 2 aromatic rings. The van der Waals surface area contributed by atoms with Gasteiger partial charge in [-0.05, 0) is 24.1 Å². The summed E-state index contributed by atoms with van der Waals surface area (Å²) < 4.78 is 40.5. The number of alkyl halides is 3. The lowest BCUT2D eigenvalue weighted by atomic mass is 10.1. The van der Waals surface area contributed by atoms with Crippen LogP contribution in [0, 0.1) is 6.92 Å². The summed E-state index contributed by atoms with van der Waals surface area (Å²) in [4.78, 5) is 3.83. The van der Waals surface area contributed by atoms with Gasteiger partial charge in [0, 0.05) is 12.6 Å². The standard InChI is InChI=1S/C15H15F3N2O/c1-11-4-2-3-5-12(11)8-19-13-6-7-14(20-9-13)21-10-15(16,17)18/h2-7,9,19H,8,10H2,1H3. The molecule has 0 spiro atoms. The molecule has 0 radical (unpaired) electrons. The Labute approximate surface area is 120 Å². The van der Waals surface area contributed by atoms with Gasteiger partial charge in [0.05, 0.1) is 11.9 Å². The van der Waals surface area contributed by atoms with E-state index in [1.165, 1.54) is 17.8 Å². The molecule has 1 aromatic carbocycles. The first-order valence-corrected chi connectivity index (χ1v) is 6.38. The second kappa shape index (κ2) is 6.47. The highest BCUT2D eigenvalue weighted by Crippen LogP contribution is 2.18. The molecule has 3 nitrogen and oxygen atoms in total. The van der Waals surface area contributed by atoms with Gasteiger partial charge >= 0.3 is 6.18 Å². The fourth-order valence-electron chi connectivity index (χ4n) is 1.73. The number of nitrogens with one attached hydrogen (secondary N) is 1. The highest BCUT2D eigenvalue weighted by atomic mass is 19.4. The smallest absolute Gasteiger partial charge is 0.422 e. The Balaban J connectivity index is 1.89. The first-order valence-electron chi connectivity index (χ1n) is 6.38. The summed E-state index contributed by atoms with van der Waals surface area (Å²) in [6, 6.07) is 11.0. The summed E-state index contributed by atoms with van der Waals surface area (Å²) in [5.41, 5.74) is 3.04. The number of hydrogen-bond acceptors (Lipinski definition) is 3. The van der Waals surface area contributed by atoms with Crippen LogP contribution in [0.2, 0.25) is 0 Å². The van der Waals surface area contributed by atoms with E-state index in [-0.39, 0.29) is 5.88 Å². The van der Waals surface area contributed by atoms with E-state index in [2.05, 4.69) is 15.0 Å². The van der Waals surface area contributed by atoms with E-state index >= 15 is 0 Å². The van der Waals surface area contributed by atoms with Crippen molar-refractivity contribution in [3.05, 3.63) is 53.7 Å². The van der Waals surface area contributed by atoms with Crippen molar-refractivity contribution < 1.29 is 17.9 Å². The molecule has 0 aliphatic rings. The minimum absolute atomic E-state index is 0.0474. The predicted molar refractivity (Wildman–Crippen MR) is 74.3 cm³/mol. The summed E-state index contributed by atoms with van der Waals surface area (Å²) in [6.45, 7) is 1.30. The number of anilines is 1. The van der Waals surface area contributed by atoms with E-state index in [1.54, 1.807) is 6.07 Å². The molecule has 1 aromatic heterocycles. The van der Waals surface area contributed by atoms with Crippen LogP contribution in [-0.4, -0.2) is 17.8 Å². The van der Waals surface area contributed by atoms with E-state index in [1.807, 2.05) is 31.2 Å². The van der Waals surface area contributed by atoms with Crippen LogP contribution >= 0.6 is 0 Å². The molecule has 112 valence electrons. The minimum atomic E-state index is -4.36. The van der Waals surface area contributed by atoms with Crippen molar-refractivity contribution in [1.82, 2.24) is 4.98 Å². The molecule has 6 heteroatoms. The lowest BCUT2D eigenvalue weighted by molar-refractivity contribution is -0.154. The van der Waals surface area contributed by atoms with Crippen molar-refractivity contribution in [1.29, 1.82) is 0 Å². The molecule has 0 unspecified atom stereocenters. The van der Waals surface area contributed by atoms with E-state index in [0.717, 1.165) is 11.3 Å². The number of benzene rings is 1. The molecule has 21 heavy (non-hydrogen) atoms. The van der Waals surface area contributed by atoms with Gasteiger partial charge in [-0.3, -0.25) is 0 Å². The van der Waals surface area contributed by atoms with Crippen molar-refractivity contribution in [2.75, 3.05) is 11.9 Å². The molecule has 0 saturated carbocycles. The summed E-state index contributed by atoms with van der Waals surface area (Å²) >= 11 is 0. The number of aromatic nitrogens is 1. The topological polar surface area (TPSA) is 34.1 Å². The molecular weight excluding hydrogens is 281 g/mol. The second-order valence-corrected chi connectivity index (χ2v) is 4.57. The van der Waals surface area contributed by atoms with Gasteiger partial charge in [0.2, 0.25) is 5.88 Å². The van der Waals surface area contributed by atoms with Gasteiger partial charge in [-0.25, -0.2) is 4.98 Å². The number of rotatable bonds is 5. The lowest BCUT2D eigenvalue weighted by Crippen LogP contribution is -2.19. The van der Waals surface area contributed by atoms with Crippen LogP contribution in [-0.2, 0) is 6.54 Å². The Kier molecular flexibility index (Phi) is 4.67. The predicted octanol–water partition coefficient (Wildman–Crippen LogP) is 3.94. The summed E-state index contributed by atoms with van der Waals surface area (Å²) in [6.07, 6.45) is -2.91. The third kappa shape index (κ3) is 4.98. The Bertz CT molecular complexity index is 582. The summed E-state index contributed by atoms with van der Waals surface area (Å²) in [7, 11) is 0. The van der Waals surface area contributed by atoms with E-state index in [0.29, 0.717) is 6.54 Å². The summed E-state index contributed by atoms with van der Waals surface area (Å²) in [5, 5.41) is 3.16.